The number of hydrogen-bond acceptors (Lipinski definition) is 4. The lowest BCUT2D eigenvalue weighted by Crippen LogP contribution is -2.57. The fourth-order valence-electron chi connectivity index (χ4n) is 2.75. The van der Waals surface area contributed by atoms with Crippen LogP contribution in [0.1, 0.15) is 13.8 Å². The van der Waals surface area contributed by atoms with Crippen LogP contribution in [0, 0.1) is 0 Å². The van der Waals surface area contributed by atoms with Crippen LogP contribution in [0.2, 0.25) is 0 Å². The summed E-state index contributed by atoms with van der Waals surface area (Å²) in [6, 6.07) is 10.1. The SMILES string of the molecule is CN1CCN(c2ccc3cc(N)ccc3n2)CC1(C)C. The molecule has 0 saturated carbocycles. The lowest BCUT2D eigenvalue weighted by atomic mass is 10.00. The molecule has 1 aliphatic heterocycles. The van der Waals surface area contributed by atoms with E-state index in [0.29, 0.717) is 0 Å². The molecule has 0 unspecified atom stereocenters. The van der Waals surface area contributed by atoms with Crippen LogP contribution in [0.3, 0.4) is 0 Å². The van der Waals surface area contributed by atoms with Crippen molar-refractivity contribution >= 4 is 22.4 Å². The molecule has 4 heteroatoms. The topological polar surface area (TPSA) is 45.4 Å². The zero-order valence-electron chi connectivity index (χ0n) is 12.4. The summed E-state index contributed by atoms with van der Waals surface area (Å²) in [5.41, 5.74) is 7.78. The van der Waals surface area contributed by atoms with Gasteiger partial charge in [-0.05, 0) is 51.2 Å². The molecule has 3 rings (SSSR count). The van der Waals surface area contributed by atoms with Gasteiger partial charge < -0.3 is 10.6 Å². The summed E-state index contributed by atoms with van der Waals surface area (Å²) in [4.78, 5) is 9.56. The van der Waals surface area contributed by atoms with E-state index in [0.717, 1.165) is 42.0 Å². The summed E-state index contributed by atoms with van der Waals surface area (Å²) in [5, 5.41) is 1.10. The molecule has 0 bridgehead atoms. The molecule has 0 amide bonds. The van der Waals surface area contributed by atoms with E-state index in [1.54, 1.807) is 0 Å². The first kappa shape index (κ1) is 13.2. The predicted octanol–water partition coefficient (Wildman–Crippen LogP) is 2.35. The number of hydrogen-bond donors (Lipinski definition) is 1. The van der Waals surface area contributed by atoms with Crippen LogP contribution in [0.25, 0.3) is 10.9 Å². The number of nitrogens with zero attached hydrogens (tertiary/aromatic N) is 3. The number of nitrogens with two attached hydrogens (primary N) is 1. The third-order valence-corrected chi connectivity index (χ3v) is 4.34. The standard InChI is InChI=1S/C16H22N4/c1-16(2)11-20(9-8-19(16)3)15-7-4-12-10-13(17)5-6-14(12)18-15/h4-7,10H,8-9,11,17H2,1-3H3. The molecule has 0 radical (unpaired) electrons. The molecule has 20 heavy (non-hydrogen) atoms. The van der Waals surface area contributed by atoms with Crippen molar-refractivity contribution in [1.82, 2.24) is 9.88 Å². The highest BCUT2D eigenvalue weighted by Crippen LogP contribution is 2.25. The highest BCUT2D eigenvalue weighted by atomic mass is 15.3. The molecular formula is C16H22N4. The Hall–Kier alpha value is -1.81. The fourth-order valence-corrected chi connectivity index (χ4v) is 2.75. The van der Waals surface area contributed by atoms with Crippen molar-refractivity contribution in [2.75, 3.05) is 37.3 Å². The average molecular weight is 270 g/mol. The molecule has 4 nitrogen and oxygen atoms in total. The Kier molecular flexibility index (Phi) is 3.05. The molecule has 1 aromatic carbocycles. The van der Waals surface area contributed by atoms with E-state index in [1.165, 1.54) is 0 Å². The summed E-state index contributed by atoms with van der Waals surface area (Å²) >= 11 is 0. The highest BCUT2D eigenvalue weighted by Gasteiger charge is 2.31. The normalized spacial score (nSPS) is 19.4. The second kappa shape index (κ2) is 4.63. The molecule has 1 aliphatic rings. The Balaban J connectivity index is 1.93. The van der Waals surface area contributed by atoms with Crippen LogP contribution in [0.4, 0.5) is 11.5 Å². The van der Waals surface area contributed by atoms with Crippen molar-refractivity contribution in [3.8, 4) is 0 Å². The van der Waals surface area contributed by atoms with E-state index < -0.39 is 0 Å². The zero-order chi connectivity index (χ0) is 14.3. The highest BCUT2D eigenvalue weighted by molar-refractivity contribution is 5.83. The van der Waals surface area contributed by atoms with Crippen molar-refractivity contribution in [1.29, 1.82) is 0 Å². The monoisotopic (exact) mass is 270 g/mol. The summed E-state index contributed by atoms with van der Waals surface area (Å²) in [6.45, 7) is 7.64. The van der Waals surface area contributed by atoms with E-state index in [1.807, 2.05) is 18.2 Å². The Morgan fingerprint density at radius 1 is 1.15 bits per heavy atom. The molecular weight excluding hydrogens is 248 g/mol. The van der Waals surface area contributed by atoms with Crippen molar-refractivity contribution in [2.45, 2.75) is 19.4 Å². The van der Waals surface area contributed by atoms with Gasteiger partial charge in [-0.15, -0.1) is 0 Å². The van der Waals surface area contributed by atoms with Gasteiger partial charge in [0.2, 0.25) is 0 Å². The first-order chi connectivity index (χ1) is 9.45. The maximum absolute atomic E-state index is 5.81. The summed E-state index contributed by atoms with van der Waals surface area (Å²) in [7, 11) is 2.19. The second-order valence-corrected chi connectivity index (χ2v) is 6.28. The number of rotatable bonds is 1. The summed E-state index contributed by atoms with van der Waals surface area (Å²) in [5.74, 6) is 1.06. The molecule has 0 atom stereocenters. The van der Waals surface area contributed by atoms with E-state index >= 15 is 0 Å². The minimum absolute atomic E-state index is 0.177. The summed E-state index contributed by atoms with van der Waals surface area (Å²) < 4.78 is 0. The summed E-state index contributed by atoms with van der Waals surface area (Å²) in [6.07, 6.45) is 0. The molecule has 1 saturated heterocycles. The smallest absolute Gasteiger partial charge is 0.129 e. The number of anilines is 2. The van der Waals surface area contributed by atoms with Crippen LogP contribution in [0.15, 0.2) is 30.3 Å². The Labute approximate surface area is 120 Å². The molecule has 106 valence electrons. The maximum Gasteiger partial charge on any atom is 0.129 e. The van der Waals surface area contributed by atoms with Gasteiger partial charge in [0.25, 0.3) is 0 Å². The number of aromatic nitrogens is 1. The number of likely N-dealkylation sites (N-methyl/N-ethyl adjacent to an activating group) is 1. The van der Waals surface area contributed by atoms with Crippen molar-refractivity contribution in [2.24, 2.45) is 0 Å². The van der Waals surface area contributed by atoms with Gasteiger partial charge in [0.15, 0.2) is 0 Å². The van der Waals surface area contributed by atoms with Gasteiger partial charge in [0.1, 0.15) is 5.82 Å². The lowest BCUT2D eigenvalue weighted by molar-refractivity contribution is 0.138. The molecule has 0 spiro atoms. The van der Waals surface area contributed by atoms with Crippen LogP contribution in [0.5, 0.6) is 0 Å². The van der Waals surface area contributed by atoms with Gasteiger partial charge in [0, 0.05) is 36.2 Å². The average Bonchev–Trinajstić information content (AvgIpc) is 2.41. The van der Waals surface area contributed by atoms with E-state index in [4.69, 9.17) is 10.7 Å². The minimum Gasteiger partial charge on any atom is -0.399 e. The first-order valence-corrected chi connectivity index (χ1v) is 7.08. The maximum atomic E-state index is 5.81. The number of piperazine rings is 1. The van der Waals surface area contributed by atoms with Crippen molar-refractivity contribution in [3.05, 3.63) is 30.3 Å². The Bertz CT molecular complexity index is 635. The van der Waals surface area contributed by atoms with Crippen LogP contribution in [-0.2, 0) is 0 Å². The molecule has 0 aliphatic carbocycles. The Morgan fingerprint density at radius 2 is 1.95 bits per heavy atom. The molecule has 1 aromatic heterocycles. The quantitative estimate of drug-likeness (QED) is 0.808. The molecule has 1 fully saturated rings. The number of fused-ring (bicyclic) bond motifs is 1. The molecule has 2 N–H and O–H groups in total. The van der Waals surface area contributed by atoms with E-state index in [-0.39, 0.29) is 5.54 Å². The third-order valence-electron chi connectivity index (χ3n) is 4.34. The molecule has 2 aromatic rings. The van der Waals surface area contributed by atoms with Crippen LogP contribution < -0.4 is 10.6 Å². The fraction of sp³-hybridized carbons (Fsp3) is 0.438. The minimum atomic E-state index is 0.177. The molecule has 2 heterocycles. The van der Waals surface area contributed by atoms with Gasteiger partial charge in [-0.3, -0.25) is 4.90 Å². The third kappa shape index (κ3) is 2.31. The van der Waals surface area contributed by atoms with Gasteiger partial charge in [-0.1, -0.05) is 0 Å². The largest absolute Gasteiger partial charge is 0.399 e. The van der Waals surface area contributed by atoms with Crippen LogP contribution >= 0.6 is 0 Å². The van der Waals surface area contributed by atoms with E-state index in [9.17, 15) is 0 Å². The van der Waals surface area contributed by atoms with Crippen molar-refractivity contribution in [3.63, 3.8) is 0 Å². The number of nitrogen functional groups attached to an aromatic ring is 1. The first-order valence-electron chi connectivity index (χ1n) is 7.08. The number of benzene rings is 1. The Morgan fingerprint density at radius 3 is 2.70 bits per heavy atom. The number of pyridine rings is 1. The van der Waals surface area contributed by atoms with Gasteiger partial charge in [-0.25, -0.2) is 4.98 Å². The predicted molar refractivity (Wildman–Crippen MR) is 85.1 cm³/mol. The second-order valence-electron chi connectivity index (χ2n) is 6.28. The van der Waals surface area contributed by atoms with Gasteiger partial charge >= 0.3 is 0 Å². The van der Waals surface area contributed by atoms with Crippen molar-refractivity contribution < 1.29 is 0 Å². The van der Waals surface area contributed by atoms with E-state index in [2.05, 4.69) is 42.8 Å². The zero-order valence-corrected chi connectivity index (χ0v) is 12.4. The van der Waals surface area contributed by atoms with Gasteiger partial charge in [-0.2, -0.15) is 0 Å². The lowest BCUT2D eigenvalue weighted by Gasteiger charge is -2.45. The van der Waals surface area contributed by atoms with Crippen LogP contribution in [-0.4, -0.2) is 42.1 Å². The van der Waals surface area contributed by atoms with Gasteiger partial charge in [0.05, 0.1) is 5.52 Å².